The Balaban J connectivity index is 1.86. The molecule has 0 unspecified atom stereocenters. The largest absolute Gasteiger partial charge is 0.494 e. The van der Waals surface area contributed by atoms with Gasteiger partial charge in [-0.15, -0.1) is 0 Å². The molecule has 0 aliphatic carbocycles. The number of hydrogen-bond donors (Lipinski definition) is 1. The molecule has 0 radical (unpaired) electrons. The lowest BCUT2D eigenvalue weighted by Crippen LogP contribution is -2.14. The summed E-state index contributed by atoms with van der Waals surface area (Å²) in [5, 5.41) is 3.40. The Hall–Kier alpha value is -1.81. The Morgan fingerprint density at radius 3 is 2.94 bits per heavy atom. The number of aryl methyl sites for hydroxylation is 1. The molecule has 0 aliphatic heterocycles. The summed E-state index contributed by atoms with van der Waals surface area (Å²) in [6.45, 7) is 4.33. The number of hydrogen-bond acceptors (Lipinski definition) is 3. The molecule has 96 valence electrons. The summed E-state index contributed by atoms with van der Waals surface area (Å²) >= 11 is 0. The SMILES string of the molecule is CCOc1cccc(CNCc2cncn2C)c1. The number of nitrogens with one attached hydrogen (secondary N) is 1. The number of ether oxygens (including phenoxy) is 1. The fraction of sp³-hybridized carbons (Fsp3) is 0.357. The molecule has 2 aromatic rings. The quantitative estimate of drug-likeness (QED) is 0.847. The number of imidazole rings is 1. The lowest BCUT2D eigenvalue weighted by molar-refractivity contribution is 0.340. The van der Waals surface area contributed by atoms with Gasteiger partial charge in [0.05, 0.1) is 18.6 Å². The van der Waals surface area contributed by atoms with Crippen LogP contribution in [-0.4, -0.2) is 16.2 Å². The predicted octanol–water partition coefficient (Wildman–Crippen LogP) is 2.11. The zero-order valence-corrected chi connectivity index (χ0v) is 10.9. The van der Waals surface area contributed by atoms with Crippen molar-refractivity contribution in [3.8, 4) is 5.75 Å². The summed E-state index contributed by atoms with van der Waals surface area (Å²) in [6, 6.07) is 8.17. The standard InChI is InChI=1S/C14H19N3O/c1-3-18-14-6-4-5-12(7-14)8-15-9-13-10-16-11-17(13)2/h4-7,10-11,15H,3,8-9H2,1-2H3. The topological polar surface area (TPSA) is 39.1 Å². The highest BCUT2D eigenvalue weighted by molar-refractivity contribution is 5.28. The third-order valence-corrected chi connectivity index (χ3v) is 2.76. The van der Waals surface area contributed by atoms with Gasteiger partial charge in [0.25, 0.3) is 0 Å². The van der Waals surface area contributed by atoms with Crippen molar-refractivity contribution in [1.29, 1.82) is 0 Å². The first-order chi connectivity index (χ1) is 8.79. The zero-order valence-electron chi connectivity index (χ0n) is 10.9. The molecule has 4 nitrogen and oxygen atoms in total. The molecular weight excluding hydrogens is 226 g/mol. The summed E-state index contributed by atoms with van der Waals surface area (Å²) in [5.74, 6) is 0.928. The smallest absolute Gasteiger partial charge is 0.119 e. The van der Waals surface area contributed by atoms with Gasteiger partial charge in [-0.1, -0.05) is 12.1 Å². The molecule has 4 heteroatoms. The van der Waals surface area contributed by atoms with Gasteiger partial charge >= 0.3 is 0 Å². The molecule has 0 saturated heterocycles. The van der Waals surface area contributed by atoms with Gasteiger partial charge in [-0.05, 0) is 24.6 Å². The van der Waals surface area contributed by atoms with Gasteiger partial charge in [-0.25, -0.2) is 4.98 Å². The van der Waals surface area contributed by atoms with Crippen LogP contribution in [0.25, 0.3) is 0 Å². The summed E-state index contributed by atoms with van der Waals surface area (Å²) in [7, 11) is 2.00. The molecule has 1 N–H and O–H groups in total. The van der Waals surface area contributed by atoms with Gasteiger partial charge < -0.3 is 14.6 Å². The molecule has 0 amide bonds. The number of nitrogens with zero attached hydrogens (tertiary/aromatic N) is 2. The minimum atomic E-state index is 0.700. The highest BCUT2D eigenvalue weighted by Crippen LogP contribution is 2.13. The van der Waals surface area contributed by atoms with E-state index in [4.69, 9.17) is 4.74 Å². The van der Waals surface area contributed by atoms with Crippen molar-refractivity contribution in [3.05, 3.63) is 48.0 Å². The molecule has 0 saturated carbocycles. The second-order valence-electron chi connectivity index (χ2n) is 4.18. The average molecular weight is 245 g/mol. The van der Waals surface area contributed by atoms with Crippen molar-refractivity contribution < 1.29 is 4.74 Å². The highest BCUT2D eigenvalue weighted by Gasteiger charge is 1.99. The van der Waals surface area contributed by atoms with Crippen molar-refractivity contribution in [2.45, 2.75) is 20.0 Å². The lowest BCUT2D eigenvalue weighted by atomic mass is 10.2. The molecule has 1 heterocycles. The van der Waals surface area contributed by atoms with Crippen LogP contribution in [0.2, 0.25) is 0 Å². The maximum Gasteiger partial charge on any atom is 0.119 e. The van der Waals surface area contributed by atoms with Gasteiger partial charge in [-0.2, -0.15) is 0 Å². The third-order valence-electron chi connectivity index (χ3n) is 2.76. The van der Waals surface area contributed by atoms with E-state index < -0.39 is 0 Å². The third kappa shape index (κ3) is 3.34. The highest BCUT2D eigenvalue weighted by atomic mass is 16.5. The summed E-state index contributed by atoms with van der Waals surface area (Å²) in [6.07, 6.45) is 3.69. The molecule has 1 aromatic heterocycles. The monoisotopic (exact) mass is 245 g/mol. The number of rotatable bonds is 6. The summed E-state index contributed by atoms with van der Waals surface area (Å²) < 4.78 is 7.49. The number of benzene rings is 1. The van der Waals surface area contributed by atoms with E-state index in [1.54, 1.807) is 0 Å². The van der Waals surface area contributed by atoms with Gasteiger partial charge in [0.2, 0.25) is 0 Å². The summed E-state index contributed by atoms with van der Waals surface area (Å²) in [5.41, 5.74) is 2.40. The first kappa shape index (κ1) is 12.6. The Morgan fingerprint density at radius 1 is 1.33 bits per heavy atom. The molecule has 18 heavy (non-hydrogen) atoms. The van der Waals surface area contributed by atoms with Crippen molar-refractivity contribution in [3.63, 3.8) is 0 Å². The molecule has 0 fully saturated rings. The Morgan fingerprint density at radius 2 is 2.22 bits per heavy atom. The van der Waals surface area contributed by atoms with E-state index in [0.29, 0.717) is 6.61 Å². The molecular formula is C14H19N3O. The molecule has 2 rings (SSSR count). The van der Waals surface area contributed by atoms with Crippen LogP contribution < -0.4 is 10.1 Å². The van der Waals surface area contributed by atoms with Crippen LogP contribution in [-0.2, 0) is 20.1 Å². The Bertz CT molecular complexity index is 493. The fourth-order valence-electron chi connectivity index (χ4n) is 1.80. The van der Waals surface area contributed by atoms with Crippen LogP contribution in [0, 0.1) is 0 Å². The van der Waals surface area contributed by atoms with Crippen molar-refractivity contribution in [2.24, 2.45) is 7.05 Å². The summed E-state index contributed by atoms with van der Waals surface area (Å²) in [4.78, 5) is 4.09. The second kappa shape index (κ2) is 6.21. The normalized spacial score (nSPS) is 10.6. The Kier molecular flexibility index (Phi) is 4.36. The van der Waals surface area contributed by atoms with E-state index in [-0.39, 0.29) is 0 Å². The first-order valence-corrected chi connectivity index (χ1v) is 6.17. The molecule has 0 aliphatic rings. The minimum absolute atomic E-state index is 0.700. The van der Waals surface area contributed by atoms with Crippen LogP contribution >= 0.6 is 0 Å². The van der Waals surface area contributed by atoms with Crippen LogP contribution in [0.1, 0.15) is 18.2 Å². The van der Waals surface area contributed by atoms with Gasteiger partial charge in [0.1, 0.15) is 5.75 Å². The van der Waals surface area contributed by atoms with E-state index in [0.717, 1.165) is 18.8 Å². The van der Waals surface area contributed by atoms with Gasteiger partial charge in [0.15, 0.2) is 0 Å². The van der Waals surface area contributed by atoms with Crippen molar-refractivity contribution in [2.75, 3.05) is 6.61 Å². The van der Waals surface area contributed by atoms with E-state index in [1.807, 2.05) is 43.2 Å². The Labute approximate surface area is 108 Å². The molecule has 1 aromatic carbocycles. The van der Waals surface area contributed by atoms with Gasteiger partial charge in [0, 0.05) is 26.3 Å². The molecule has 0 atom stereocenters. The minimum Gasteiger partial charge on any atom is -0.494 e. The first-order valence-electron chi connectivity index (χ1n) is 6.17. The van der Waals surface area contributed by atoms with Crippen LogP contribution in [0.4, 0.5) is 0 Å². The van der Waals surface area contributed by atoms with E-state index in [2.05, 4.69) is 22.4 Å². The fourth-order valence-corrected chi connectivity index (χ4v) is 1.80. The lowest BCUT2D eigenvalue weighted by Gasteiger charge is -2.08. The van der Waals surface area contributed by atoms with E-state index >= 15 is 0 Å². The van der Waals surface area contributed by atoms with E-state index in [1.165, 1.54) is 11.3 Å². The molecule has 0 spiro atoms. The average Bonchev–Trinajstić information content (AvgIpc) is 2.76. The van der Waals surface area contributed by atoms with Crippen molar-refractivity contribution in [1.82, 2.24) is 14.9 Å². The van der Waals surface area contributed by atoms with E-state index in [9.17, 15) is 0 Å². The van der Waals surface area contributed by atoms with Crippen molar-refractivity contribution >= 4 is 0 Å². The molecule has 0 bridgehead atoms. The van der Waals surface area contributed by atoms with Gasteiger partial charge in [-0.3, -0.25) is 0 Å². The number of aromatic nitrogens is 2. The predicted molar refractivity (Wildman–Crippen MR) is 71.4 cm³/mol. The van der Waals surface area contributed by atoms with Crippen LogP contribution in [0.15, 0.2) is 36.8 Å². The maximum absolute atomic E-state index is 5.48. The maximum atomic E-state index is 5.48. The van der Waals surface area contributed by atoms with Crippen LogP contribution in [0.5, 0.6) is 5.75 Å². The zero-order chi connectivity index (χ0) is 12.8. The second-order valence-corrected chi connectivity index (χ2v) is 4.18. The van der Waals surface area contributed by atoms with Crippen LogP contribution in [0.3, 0.4) is 0 Å².